The molecule has 0 spiro atoms. The standard InChI is InChI=1S/C15H15BrO/c1-11(2)17-15-8-4-6-13(10-15)12-5-3-7-14(16)9-12/h3-11H,1-2H3. The number of benzene rings is 2. The molecule has 0 aliphatic heterocycles. The summed E-state index contributed by atoms with van der Waals surface area (Å²) in [5, 5.41) is 0. The van der Waals surface area contributed by atoms with Crippen LogP contribution in [0.3, 0.4) is 0 Å². The molecule has 0 saturated heterocycles. The van der Waals surface area contributed by atoms with Crippen molar-refractivity contribution in [2.75, 3.05) is 0 Å². The Kier molecular flexibility index (Phi) is 3.85. The summed E-state index contributed by atoms with van der Waals surface area (Å²) >= 11 is 3.49. The summed E-state index contributed by atoms with van der Waals surface area (Å²) in [7, 11) is 0. The Morgan fingerprint density at radius 2 is 1.59 bits per heavy atom. The molecule has 2 aromatic carbocycles. The highest BCUT2D eigenvalue weighted by Gasteiger charge is 2.02. The predicted octanol–water partition coefficient (Wildman–Crippen LogP) is 4.90. The van der Waals surface area contributed by atoms with Gasteiger partial charge in [-0.2, -0.15) is 0 Å². The largest absolute Gasteiger partial charge is 0.491 e. The van der Waals surface area contributed by atoms with Crippen LogP contribution in [-0.4, -0.2) is 6.10 Å². The quantitative estimate of drug-likeness (QED) is 0.781. The predicted molar refractivity (Wildman–Crippen MR) is 75.3 cm³/mol. The zero-order valence-electron chi connectivity index (χ0n) is 9.98. The van der Waals surface area contributed by atoms with E-state index in [1.165, 1.54) is 11.1 Å². The van der Waals surface area contributed by atoms with Crippen molar-refractivity contribution >= 4 is 15.9 Å². The fraction of sp³-hybridized carbons (Fsp3) is 0.200. The van der Waals surface area contributed by atoms with E-state index < -0.39 is 0 Å². The van der Waals surface area contributed by atoms with E-state index in [1.54, 1.807) is 0 Å². The molecule has 0 unspecified atom stereocenters. The monoisotopic (exact) mass is 290 g/mol. The molecular formula is C15H15BrO. The summed E-state index contributed by atoms with van der Waals surface area (Å²) in [6.07, 6.45) is 0.202. The van der Waals surface area contributed by atoms with Crippen molar-refractivity contribution < 1.29 is 4.74 Å². The molecule has 0 aliphatic rings. The van der Waals surface area contributed by atoms with Gasteiger partial charge in [0, 0.05) is 4.47 Å². The summed E-state index contributed by atoms with van der Waals surface area (Å²) in [5.74, 6) is 0.914. The number of hydrogen-bond donors (Lipinski definition) is 0. The lowest BCUT2D eigenvalue weighted by Gasteiger charge is -2.11. The molecule has 0 aromatic heterocycles. The van der Waals surface area contributed by atoms with Gasteiger partial charge in [0.2, 0.25) is 0 Å². The van der Waals surface area contributed by atoms with Gasteiger partial charge in [0.1, 0.15) is 5.75 Å². The van der Waals surface area contributed by atoms with Gasteiger partial charge in [0.05, 0.1) is 6.10 Å². The maximum atomic E-state index is 5.69. The van der Waals surface area contributed by atoms with Gasteiger partial charge in [-0.15, -0.1) is 0 Å². The lowest BCUT2D eigenvalue weighted by Crippen LogP contribution is -2.05. The summed E-state index contributed by atoms with van der Waals surface area (Å²) in [5.41, 5.74) is 2.36. The van der Waals surface area contributed by atoms with Gasteiger partial charge in [-0.3, -0.25) is 0 Å². The first-order chi connectivity index (χ1) is 8.15. The molecule has 0 heterocycles. The fourth-order valence-corrected chi connectivity index (χ4v) is 2.09. The van der Waals surface area contributed by atoms with Crippen molar-refractivity contribution in [1.29, 1.82) is 0 Å². The van der Waals surface area contributed by atoms with Crippen LogP contribution in [0.5, 0.6) is 5.75 Å². The lowest BCUT2D eigenvalue weighted by molar-refractivity contribution is 0.242. The second kappa shape index (κ2) is 5.37. The topological polar surface area (TPSA) is 9.23 Å². The van der Waals surface area contributed by atoms with Crippen LogP contribution in [0.2, 0.25) is 0 Å². The molecule has 2 aromatic rings. The minimum atomic E-state index is 0.202. The Morgan fingerprint density at radius 3 is 2.24 bits per heavy atom. The maximum Gasteiger partial charge on any atom is 0.120 e. The van der Waals surface area contributed by atoms with Crippen LogP contribution in [-0.2, 0) is 0 Å². The molecule has 0 amide bonds. The molecular weight excluding hydrogens is 276 g/mol. The van der Waals surface area contributed by atoms with Crippen LogP contribution < -0.4 is 4.74 Å². The smallest absolute Gasteiger partial charge is 0.120 e. The average Bonchev–Trinajstić information content (AvgIpc) is 2.28. The van der Waals surface area contributed by atoms with E-state index in [0.29, 0.717) is 0 Å². The van der Waals surface area contributed by atoms with Crippen molar-refractivity contribution in [2.24, 2.45) is 0 Å². The first-order valence-corrected chi connectivity index (χ1v) is 6.47. The maximum absolute atomic E-state index is 5.69. The Balaban J connectivity index is 2.33. The highest BCUT2D eigenvalue weighted by atomic mass is 79.9. The van der Waals surface area contributed by atoms with Crippen molar-refractivity contribution in [3.63, 3.8) is 0 Å². The van der Waals surface area contributed by atoms with Crippen LogP contribution in [0.15, 0.2) is 53.0 Å². The van der Waals surface area contributed by atoms with Crippen LogP contribution in [0, 0.1) is 0 Å². The van der Waals surface area contributed by atoms with Crippen molar-refractivity contribution in [3.05, 3.63) is 53.0 Å². The number of hydrogen-bond acceptors (Lipinski definition) is 1. The summed E-state index contributed by atoms with van der Waals surface area (Å²) in [6, 6.07) is 16.4. The van der Waals surface area contributed by atoms with Gasteiger partial charge in [-0.1, -0.05) is 40.2 Å². The van der Waals surface area contributed by atoms with Crippen LogP contribution >= 0.6 is 15.9 Å². The molecule has 0 radical (unpaired) electrons. The first kappa shape index (κ1) is 12.2. The number of rotatable bonds is 3. The Morgan fingerprint density at radius 1 is 0.941 bits per heavy atom. The minimum absolute atomic E-state index is 0.202. The zero-order valence-corrected chi connectivity index (χ0v) is 11.6. The second-order valence-electron chi connectivity index (χ2n) is 4.20. The normalized spacial score (nSPS) is 10.6. The van der Waals surface area contributed by atoms with E-state index in [4.69, 9.17) is 4.74 Å². The summed E-state index contributed by atoms with van der Waals surface area (Å²) in [4.78, 5) is 0. The Hall–Kier alpha value is -1.28. The SMILES string of the molecule is CC(C)Oc1cccc(-c2cccc(Br)c2)c1. The zero-order chi connectivity index (χ0) is 12.3. The van der Waals surface area contributed by atoms with Gasteiger partial charge in [-0.25, -0.2) is 0 Å². The highest BCUT2D eigenvalue weighted by Crippen LogP contribution is 2.26. The van der Waals surface area contributed by atoms with Gasteiger partial charge in [0.15, 0.2) is 0 Å². The van der Waals surface area contributed by atoms with E-state index in [2.05, 4.69) is 40.2 Å². The molecule has 17 heavy (non-hydrogen) atoms. The molecule has 0 atom stereocenters. The molecule has 2 heteroatoms. The third-order valence-corrected chi connectivity index (χ3v) is 2.86. The molecule has 88 valence electrons. The van der Waals surface area contributed by atoms with Crippen LogP contribution in [0.1, 0.15) is 13.8 Å². The van der Waals surface area contributed by atoms with Crippen molar-refractivity contribution in [2.45, 2.75) is 20.0 Å². The Labute approximate surface area is 111 Å². The molecule has 1 nitrogen and oxygen atoms in total. The number of ether oxygens (including phenoxy) is 1. The van der Waals surface area contributed by atoms with E-state index in [0.717, 1.165) is 10.2 Å². The van der Waals surface area contributed by atoms with Gasteiger partial charge >= 0.3 is 0 Å². The highest BCUT2D eigenvalue weighted by molar-refractivity contribution is 9.10. The fourth-order valence-electron chi connectivity index (χ4n) is 1.69. The van der Waals surface area contributed by atoms with E-state index in [1.807, 2.05) is 38.1 Å². The molecule has 0 aliphatic carbocycles. The van der Waals surface area contributed by atoms with E-state index >= 15 is 0 Å². The molecule has 0 fully saturated rings. The first-order valence-electron chi connectivity index (χ1n) is 5.68. The van der Waals surface area contributed by atoms with Crippen molar-refractivity contribution in [3.8, 4) is 16.9 Å². The van der Waals surface area contributed by atoms with Gasteiger partial charge in [0.25, 0.3) is 0 Å². The average molecular weight is 291 g/mol. The molecule has 0 saturated carbocycles. The molecule has 2 rings (SSSR count). The van der Waals surface area contributed by atoms with Gasteiger partial charge < -0.3 is 4.74 Å². The molecule has 0 bridgehead atoms. The molecule has 0 N–H and O–H groups in total. The number of halogens is 1. The van der Waals surface area contributed by atoms with Crippen LogP contribution in [0.4, 0.5) is 0 Å². The van der Waals surface area contributed by atoms with E-state index in [9.17, 15) is 0 Å². The van der Waals surface area contributed by atoms with E-state index in [-0.39, 0.29) is 6.10 Å². The Bertz CT molecular complexity index is 506. The summed E-state index contributed by atoms with van der Waals surface area (Å²) < 4.78 is 6.78. The van der Waals surface area contributed by atoms with Crippen LogP contribution in [0.25, 0.3) is 11.1 Å². The summed E-state index contributed by atoms with van der Waals surface area (Å²) in [6.45, 7) is 4.07. The second-order valence-corrected chi connectivity index (χ2v) is 5.12. The third kappa shape index (κ3) is 3.34. The minimum Gasteiger partial charge on any atom is -0.491 e. The van der Waals surface area contributed by atoms with Gasteiger partial charge in [-0.05, 0) is 49.2 Å². The lowest BCUT2D eigenvalue weighted by atomic mass is 10.1. The van der Waals surface area contributed by atoms with Crippen molar-refractivity contribution in [1.82, 2.24) is 0 Å². The third-order valence-electron chi connectivity index (χ3n) is 2.36.